The Labute approximate surface area is 155 Å². The van der Waals surface area contributed by atoms with Crippen LogP contribution in [0.5, 0.6) is 5.75 Å². The van der Waals surface area contributed by atoms with Crippen molar-refractivity contribution >= 4 is 17.5 Å². The minimum absolute atomic E-state index is 0.00549. The molecule has 0 aliphatic carbocycles. The molecule has 1 aliphatic rings. The molecule has 1 aromatic carbocycles. The summed E-state index contributed by atoms with van der Waals surface area (Å²) >= 11 is 5.93. The molecule has 5 nitrogen and oxygen atoms in total. The molecule has 25 heavy (non-hydrogen) atoms. The van der Waals surface area contributed by atoms with Crippen molar-refractivity contribution in [2.24, 2.45) is 0 Å². The van der Waals surface area contributed by atoms with E-state index in [2.05, 4.69) is 37.9 Å². The highest BCUT2D eigenvalue weighted by Gasteiger charge is 2.33. The molecule has 2 unspecified atom stereocenters. The molecular formula is C19H29ClN2O3. The van der Waals surface area contributed by atoms with Crippen molar-refractivity contribution < 1.29 is 14.3 Å². The molecule has 1 aromatic rings. The molecule has 2 atom stereocenters. The van der Waals surface area contributed by atoms with E-state index in [0.29, 0.717) is 17.3 Å². The summed E-state index contributed by atoms with van der Waals surface area (Å²) in [7, 11) is 0. The molecule has 6 heteroatoms. The Hall–Kier alpha value is -1.30. The number of carbonyl (C=O) groups excluding carboxylic acids is 1. The van der Waals surface area contributed by atoms with Crippen LogP contribution in [0.2, 0.25) is 5.02 Å². The van der Waals surface area contributed by atoms with E-state index >= 15 is 0 Å². The highest BCUT2D eigenvalue weighted by molar-refractivity contribution is 6.30. The van der Waals surface area contributed by atoms with Gasteiger partial charge in [-0.3, -0.25) is 9.69 Å². The summed E-state index contributed by atoms with van der Waals surface area (Å²) in [6.07, 6.45) is 0.407. The lowest BCUT2D eigenvalue weighted by Gasteiger charge is -2.45. The van der Waals surface area contributed by atoms with Gasteiger partial charge in [-0.05, 0) is 58.4 Å². The van der Waals surface area contributed by atoms with E-state index in [1.807, 2.05) is 13.0 Å². The number of carbonyl (C=O) groups is 1. The number of ether oxygens (including phenoxy) is 2. The second kappa shape index (κ2) is 8.39. The first-order chi connectivity index (χ1) is 11.7. The predicted octanol–water partition coefficient (Wildman–Crippen LogP) is 3.03. The van der Waals surface area contributed by atoms with Crippen molar-refractivity contribution in [3.05, 3.63) is 28.8 Å². The molecular weight excluding hydrogens is 340 g/mol. The molecule has 1 fully saturated rings. The third-order valence-electron chi connectivity index (χ3n) is 4.49. The van der Waals surface area contributed by atoms with E-state index in [9.17, 15) is 4.79 Å². The predicted molar refractivity (Wildman–Crippen MR) is 100 cm³/mol. The van der Waals surface area contributed by atoms with Crippen molar-refractivity contribution in [3.63, 3.8) is 0 Å². The van der Waals surface area contributed by atoms with Crippen molar-refractivity contribution in [1.29, 1.82) is 0 Å². The van der Waals surface area contributed by atoms with Crippen LogP contribution in [0.15, 0.2) is 18.2 Å². The Morgan fingerprint density at radius 1 is 1.36 bits per heavy atom. The molecule has 140 valence electrons. The summed E-state index contributed by atoms with van der Waals surface area (Å²) in [4.78, 5) is 14.5. The lowest BCUT2D eigenvalue weighted by molar-refractivity contribution is -0.124. The number of benzene rings is 1. The number of hydrogen-bond acceptors (Lipinski definition) is 4. The Balaban J connectivity index is 1.82. The molecule has 2 rings (SSSR count). The normalized spacial score (nSPS) is 21.8. The van der Waals surface area contributed by atoms with Gasteiger partial charge in [0.15, 0.2) is 6.61 Å². The third-order valence-corrected chi connectivity index (χ3v) is 4.72. The number of rotatable bonds is 6. The molecule has 0 bridgehead atoms. The zero-order valence-electron chi connectivity index (χ0n) is 15.8. The van der Waals surface area contributed by atoms with Gasteiger partial charge in [-0.1, -0.05) is 11.6 Å². The zero-order chi connectivity index (χ0) is 18.6. The molecule has 0 spiro atoms. The van der Waals surface area contributed by atoms with Crippen molar-refractivity contribution in [1.82, 2.24) is 10.2 Å². The van der Waals surface area contributed by atoms with Crippen LogP contribution in [0.25, 0.3) is 0 Å². The molecule has 0 aromatic heterocycles. The first-order valence-electron chi connectivity index (χ1n) is 8.73. The summed E-state index contributed by atoms with van der Waals surface area (Å²) in [6, 6.07) is 5.36. The summed E-state index contributed by atoms with van der Waals surface area (Å²) in [5.41, 5.74) is 0.773. The summed E-state index contributed by atoms with van der Waals surface area (Å²) < 4.78 is 11.4. The lowest BCUT2D eigenvalue weighted by Crippen LogP contribution is -2.58. The van der Waals surface area contributed by atoms with Gasteiger partial charge >= 0.3 is 0 Å². The molecule has 0 radical (unpaired) electrons. The van der Waals surface area contributed by atoms with E-state index in [1.165, 1.54) is 0 Å². The average Bonchev–Trinajstić information content (AvgIpc) is 2.51. The fourth-order valence-electron chi connectivity index (χ4n) is 3.07. The second-order valence-corrected chi connectivity index (χ2v) is 7.89. The van der Waals surface area contributed by atoms with Gasteiger partial charge in [0.05, 0.1) is 12.2 Å². The van der Waals surface area contributed by atoms with Crippen LogP contribution < -0.4 is 10.1 Å². The minimum Gasteiger partial charge on any atom is -0.484 e. The SMILES string of the molecule is Cc1cc(Cl)ccc1OCC(=O)NCC(C)(C)N1CC(C)OC(C)C1. The van der Waals surface area contributed by atoms with Gasteiger partial charge in [-0.25, -0.2) is 0 Å². The van der Waals surface area contributed by atoms with Gasteiger partial charge in [-0.15, -0.1) is 0 Å². The first kappa shape index (κ1) is 20.0. The maximum Gasteiger partial charge on any atom is 0.258 e. The quantitative estimate of drug-likeness (QED) is 0.838. The number of halogens is 1. The lowest BCUT2D eigenvalue weighted by atomic mass is 10.00. The number of nitrogens with zero attached hydrogens (tertiary/aromatic N) is 1. The fraction of sp³-hybridized carbons (Fsp3) is 0.632. The van der Waals surface area contributed by atoms with Crippen molar-refractivity contribution in [3.8, 4) is 5.75 Å². The Kier molecular flexibility index (Phi) is 6.72. The molecule has 1 N–H and O–H groups in total. The zero-order valence-corrected chi connectivity index (χ0v) is 16.5. The van der Waals surface area contributed by atoms with Gasteiger partial charge in [0, 0.05) is 30.2 Å². The van der Waals surface area contributed by atoms with E-state index in [0.717, 1.165) is 18.7 Å². The van der Waals surface area contributed by atoms with E-state index < -0.39 is 0 Å². The molecule has 1 aliphatic heterocycles. The Bertz CT molecular complexity index is 596. The van der Waals surface area contributed by atoms with Gasteiger partial charge in [-0.2, -0.15) is 0 Å². The summed E-state index contributed by atoms with van der Waals surface area (Å²) in [6.45, 7) is 12.6. The fourth-order valence-corrected chi connectivity index (χ4v) is 3.29. The monoisotopic (exact) mass is 368 g/mol. The highest BCUT2D eigenvalue weighted by Crippen LogP contribution is 2.22. The largest absolute Gasteiger partial charge is 0.484 e. The van der Waals surface area contributed by atoms with Crippen molar-refractivity contribution in [2.75, 3.05) is 26.2 Å². The Morgan fingerprint density at radius 3 is 2.60 bits per heavy atom. The molecule has 1 saturated heterocycles. The van der Waals surface area contributed by atoms with Gasteiger partial charge < -0.3 is 14.8 Å². The van der Waals surface area contributed by atoms with Gasteiger partial charge in [0.1, 0.15) is 5.75 Å². The van der Waals surface area contributed by atoms with Gasteiger partial charge in [0.25, 0.3) is 5.91 Å². The maximum atomic E-state index is 12.1. The van der Waals surface area contributed by atoms with Crippen LogP contribution in [0.3, 0.4) is 0 Å². The van der Waals surface area contributed by atoms with E-state index in [-0.39, 0.29) is 30.3 Å². The third kappa shape index (κ3) is 5.87. The van der Waals surface area contributed by atoms with E-state index in [4.69, 9.17) is 21.1 Å². The number of amides is 1. The minimum atomic E-state index is -0.141. The maximum absolute atomic E-state index is 12.1. The topological polar surface area (TPSA) is 50.8 Å². The Morgan fingerprint density at radius 2 is 2.00 bits per heavy atom. The summed E-state index contributed by atoms with van der Waals surface area (Å²) in [5, 5.41) is 3.64. The van der Waals surface area contributed by atoms with Crippen LogP contribution >= 0.6 is 11.6 Å². The average molecular weight is 369 g/mol. The molecule has 0 saturated carbocycles. The number of hydrogen-bond donors (Lipinski definition) is 1. The van der Waals surface area contributed by atoms with Gasteiger partial charge in [0.2, 0.25) is 0 Å². The smallest absolute Gasteiger partial charge is 0.258 e. The summed E-state index contributed by atoms with van der Waals surface area (Å²) in [5.74, 6) is 0.548. The second-order valence-electron chi connectivity index (χ2n) is 7.45. The van der Waals surface area contributed by atoms with Crippen molar-refractivity contribution in [2.45, 2.75) is 52.4 Å². The van der Waals surface area contributed by atoms with Crippen LogP contribution in [0, 0.1) is 6.92 Å². The number of nitrogens with one attached hydrogen (secondary N) is 1. The molecule has 1 heterocycles. The van der Waals surface area contributed by atoms with E-state index in [1.54, 1.807) is 12.1 Å². The van der Waals surface area contributed by atoms with Crippen LogP contribution in [-0.2, 0) is 9.53 Å². The number of aryl methyl sites for hydroxylation is 1. The molecule has 1 amide bonds. The van der Waals surface area contributed by atoms with Crippen LogP contribution in [0.4, 0.5) is 0 Å². The first-order valence-corrected chi connectivity index (χ1v) is 9.11. The highest BCUT2D eigenvalue weighted by atomic mass is 35.5. The van der Waals surface area contributed by atoms with Crippen LogP contribution in [-0.4, -0.2) is 54.8 Å². The number of morpholine rings is 1. The van der Waals surface area contributed by atoms with Crippen LogP contribution in [0.1, 0.15) is 33.3 Å². The standard InChI is InChI=1S/C19H29ClN2O3/c1-13-8-16(20)6-7-17(13)24-11-18(23)21-12-19(4,5)22-9-14(2)25-15(3)10-22/h6-8,14-15H,9-12H2,1-5H3,(H,21,23).